The van der Waals surface area contributed by atoms with E-state index in [0.29, 0.717) is 0 Å². The van der Waals surface area contributed by atoms with Gasteiger partial charge in [-0.2, -0.15) is 0 Å². The highest BCUT2D eigenvalue weighted by Gasteiger charge is 2.45. The predicted molar refractivity (Wildman–Crippen MR) is 95.6 cm³/mol. The van der Waals surface area contributed by atoms with Crippen LogP contribution in [0.3, 0.4) is 0 Å². The Morgan fingerprint density at radius 2 is 1.86 bits per heavy atom. The average molecular weight is 320 g/mol. The van der Waals surface area contributed by atoms with E-state index in [0.717, 1.165) is 28.9 Å². The summed E-state index contributed by atoms with van der Waals surface area (Å²) in [5, 5.41) is 0.860. The molecular formula is C20H30ClN. The summed E-state index contributed by atoms with van der Waals surface area (Å²) in [5.74, 6) is 1.58. The summed E-state index contributed by atoms with van der Waals surface area (Å²) < 4.78 is 0. The number of unbranched alkanes of at least 4 members (excludes halogenated alkanes) is 3. The molecular weight excluding hydrogens is 290 g/mol. The number of hydrogen-bond acceptors (Lipinski definition) is 1. The van der Waals surface area contributed by atoms with Gasteiger partial charge in [-0.1, -0.05) is 56.3 Å². The van der Waals surface area contributed by atoms with Gasteiger partial charge in [0.25, 0.3) is 0 Å². The quantitative estimate of drug-likeness (QED) is 0.592. The van der Waals surface area contributed by atoms with Gasteiger partial charge in [0.2, 0.25) is 0 Å². The maximum Gasteiger partial charge on any atom is 0.0406 e. The van der Waals surface area contributed by atoms with Crippen molar-refractivity contribution in [3.05, 3.63) is 34.9 Å². The van der Waals surface area contributed by atoms with Crippen LogP contribution in [0, 0.1) is 5.92 Å². The minimum atomic E-state index is 0.743. The van der Waals surface area contributed by atoms with Gasteiger partial charge >= 0.3 is 0 Å². The first-order chi connectivity index (χ1) is 10.7. The van der Waals surface area contributed by atoms with Crippen LogP contribution in [0.1, 0.15) is 69.8 Å². The lowest BCUT2D eigenvalue weighted by molar-refractivity contribution is 0.0928. The third kappa shape index (κ3) is 3.36. The molecule has 22 heavy (non-hydrogen) atoms. The molecule has 2 saturated heterocycles. The van der Waals surface area contributed by atoms with Gasteiger partial charge < -0.3 is 4.90 Å². The number of rotatable bonds is 6. The Morgan fingerprint density at radius 1 is 1.09 bits per heavy atom. The second-order valence-corrected chi connectivity index (χ2v) is 7.81. The second kappa shape index (κ2) is 7.36. The van der Waals surface area contributed by atoms with E-state index in [4.69, 9.17) is 11.6 Å². The Kier molecular flexibility index (Phi) is 5.46. The summed E-state index contributed by atoms with van der Waals surface area (Å²) in [6.07, 6.45) is 11.1. The summed E-state index contributed by atoms with van der Waals surface area (Å²) in [7, 11) is 2.36. The van der Waals surface area contributed by atoms with Crippen LogP contribution in [0.4, 0.5) is 0 Å². The molecule has 2 fully saturated rings. The van der Waals surface area contributed by atoms with Crippen LogP contribution in [0.2, 0.25) is 5.02 Å². The molecule has 1 aromatic carbocycles. The molecule has 0 radical (unpaired) electrons. The maximum absolute atomic E-state index is 6.09. The third-order valence-corrected chi connectivity index (χ3v) is 6.37. The SMILES string of the molecule is CCCCCC[C@H]1[C@@H](c2ccc(Cl)cc2)C[C@@H]2CC[C@H]1N2C. The Balaban J connectivity index is 1.75. The predicted octanol–water partition coefficient (Wildman–Crippen LogP) is 5.88. The standard InChI is InChI=1S/C20H30ClN/c1-3-4-5-6-7-18-19(15-8-10-16(21)11-9-15)14-17-12-13-20(18)22(17)2/h8-11,17-20H,3-7,12-14H2,1-2H3/t17-,18-,19+,20+/m0/s1. The molecule has 0 spiro atoms. The van der Waals surface area contributed by atoms with Gasteiger partial charge in [0.05, 0.1) is 0 Å². The van der Waals surface area contributed by atoms with Gasteiger partial charge in [-0.3, -0.25) is 0 Å². The largest absolute Gasteiger partial charge is 0.300 e. The first kappa shape index (κ1) is 16.3. The highest BCUT2D eigenvalue weighted by molar-refractivity contribution is 6.30. The molecule has 4 atom stereocenters. The lowest BCUT2D eigenvalue weighted by Crippen LogP contribution is -2.45. The number of halogens is 1. The molecule has 0 amide bonds. The van der Waals surface area contributed by atoms with Crippen molar-refractivity contribution in [1.82, 2.24) is 4.90 Å². The van der Waals surface area contributed by atoms with Crippen molar-refractivity contribution in [1.29, 1.82) is 0 Å². The normalized spacial score (nSPS) is 31.6. The van der Waals surface area contributed by atoms with E-state index in [1.165, 1.54) is 56.9 Å². The summed E-state index contributed by atoms with van der Waals surface area (Å²) >= 11 is 6.09. The third-order valence-electron chi connectivity index (χ3n) is 6.12. The van der Waals surface area contributed by atoms with Gasteiger partial charge in [0.1, 0.15) is 0 Å². The van der Waals surface area contributed by atoms with E-state index in [1.54, 1.807) is 0 Å². The van der Waals surface area contributed by atoms with Crippen molar-refractivity contribution in [2.45, 2.75) is 76.3 Å². The zero-order valence-electron chi connectivity index (χ0n) is 14.1. The number of hydrogen-bond donors (Lipinski definition) is 0. The second-order valence-electron chi connectivity index (χ2n) is 7.37. The van der Waals surface area contributed by atoms with Crippen molar-refractivity contribution in [2.24, 2.45) is 5.92 Å². The Labute approximate surface area is 141 Å². The van der Waals surface area contributed by atoms with Gasteiger partial charge in [0.15, 0.2) is 0 Å². The van der Waals surface area contributed by atoms with Gasteiger partial charge in [-0.25, -0.2) is 0 Å². The Bertz CT molecular complexity index is 469. The van der Waals surface area contributed by atoms with E-state index in [-0.39, 0.29) is 0 Å². The van der Waals surface area contributed by atoms with Crippen LogP contribution in [-0.4, -0.2) is 24.0 Å². The summed E-state index contributed by atoms with van der Waals surface area (Å²) in [4.78, 5) is 2.69. The topological polar surface area (TPSA) is 3.24 Å². The molecule has 0 unspecified atom stereocenters. The van der Waals surface area contributed by atoms with E-state index in [9.17, 15) is 0 Å². The van der Waals surface area contributed by atoms with Crippen molar-refractivity contribution in [3.8, 4) is 0 Å². The molecule has 2 aliphatic heterocycles. The molecule has 2 aliphatic rings. The fourth-order valence-corrected chi connectivity index (χ4v) is 5.00. The van der Waals surface area contributed by atoms with E-state index in [2.05, 4.69) is 43.1 Å². The molecule has 3 rings (SSSR count). The maximum atomic E-state index is 6.09. The van der Waals surface area contributed by atoms with Crippen molar-refractivity contribution >= 4 is 11.6 Å². The van der Waals surface area contributed by atoms with Gasteiger partial charge in [-0.15, -0.1) is 0 Å². The highest BCUT2D eigenvalue weighted by atomic mass is 35.5. The molecule has 2 heterocycles. The smallest absolute Gasteiger partial charge is 0.0406 e. The lowest BCUT2D eigenvalue weighted by atomic mass is 9.74. The molecule has 1 aromatic rings. The fraction of sp³-hybridized carbons (Fsp3) is 0.700. The summed E-state index contributed by atoms with van der Waals surface area (Å²) in [6.45, 7) is 2.30. The molecule has 122 valence electrons. The van der Waals surface area contributed by atoms with Crippen LogP contribution in [-0.2, 0) is 0 Å². The molecule has 0 aliphatic carbocycles. The molecule has 1 nitrogen and oxygen atoms in total. The van der Waals surface area contributed by atoms with E-state index >= 15 is 0 Å². The zero-order chi connectivity index (χ0) is 15.5. The Hall–Kier alpha value is -0.530. The van der Waals surface area contributed by atoms with Crippen LogP contribution in [0.15, 0.2) is 24.3 Å². The van der Waals surface area contributed by atoms with Gasteiger partial charge in [-0.05, 0) is 62.3 Å². The minimum Gasteiger partial charge on any atom is -0.300 e. The minimum absolute atomic E-state index is 0.743. The molecule has 2 heteroatoms. The number of nitrogens with zero attached hydrogens (tertiary/aromatic N) is 1. The molecule has 0 aromatic heterocycles. The first-order valence-corrected chi connectivity index (χ1v) is 9.56. The summed E-state index contributed by atoms with van der Waals surface area (Å²) in [5.41, 5.74) is 1.52. The van der Waals surface area contributed by atoms with E-state index in [1.807, 2.05) is 0 Å². The monoisotopic (exact) mass is 319 g/mol. The Morgan fingerprint density at radius 3 is 2.59 bits per heavy atom. The first-order valence-electron chi connectivity index (χ1n) is 9.18. The van der Waals surface area contributed by atoms with Crippen molar-refractivity contribution in [3.63, 3.8) is 0 Å². The van der Waals surface area contributed by atoms with Gasteiger partial charge in [0, 0.05) is 17.1 Å². The number of piperidine rings is 1. The molecule has 2 bridgehead atoms. The van der Waals surface area contributed by atoms with Crippen LogP contribution >= 0.6 is 11.6 Å². The highest BCUT2D eigenvalue weighted by Crippen LogP contribution is 2.48. The van der Waals surface area contributed by atoms with Crippen LogP contribution in [0.25, 0.3) is 0 Å². The van der Waals surface area contributed by atoms with E-state index < -0.39 is 0 Å². The number of fused-ring (bicyclic) bond motifs is 2. The van der Waals surface area contributed by atoms with Crippen molar-refractivity contribution < 1.29 is 0 Å². The van der Waals surface area contributed by atoms with Crippen LogP contribution in [0.5, 0.6) is 0 Å². The summed E-state index contributed by atoms with van der Waals surface area (Å²) in [6, 6.07) is 10.3. The van der Waals surface area contributed by atoms with Crippen LogP contribution < -0.4 is 0 Å². The lowest BCUT2D eigenvalue weighted by Gasteiger charge is -2.43. The molecule has 0 N–H and O–H groups in total. The average Bonchev–Trinajstić information content (AvgIpc) is 2.77. The van der Waals surface area contributed by atoms with Crippen molar-refractivity contribution in [2.75, 3.05) is 7.05 Å². The zero-order valence-corrected chi connectivity index (χ0v) is 14.9. The molecule has 0 saturated carbocycles. The number of benzene rings is 1. The fourth-order valence-electron chi connectivity index (χ4n) is 4.87.